The van der Waals surface area contributed by atoms with Gasteiger partial charge in [-0.05, 0) is 55.2 Å². The van der Waals surface area contributed by atoms with E-state index in [2.05, 4.69) is 45.0 Å². The molecule has 1 aromatic rings. The first kappa shape index (κ1) is 16.4. The summed E-state index contributed by atoms with van der Waals surface area (Å²) in [7, 11) is 0. The molecule has 0 heterocycles. The zero-order valence-electron chi connectivity index (χ0n) is 14.1. The lowest BCUT2D eigenvalue weighted by atomic mass is 9.99. The summed E-state index contributed by atoms with van der Waals surface area (Å²) in [6, 6.07) is 8.82. The molecule has 0 radical (unpaired) electrons. The third kappa shape index (κ3) is 5.05. The van der Waals surface area contributed by atoms with Crippen LogP contribution in [0, 0.1) is 11.8 Å². The SMILES string of the molecule is CCCCCCCc1ccc(OC2CCC(C)C2C)cc1. The van der Waals surface area contributed by atoms with Gasteiger partial charge in [-0.25, -0.2) is 0 Å². The van der Waals surface area contributed by atoms with Crippen molar-refractivity contribution in [2.45, 2.75) is 78.2 Å². The standard InChI is InChI=1S/C20H32O/c1-4-5-6-7-8-9-18-11-13-19(14-12-18)21-20-15-10-16(2)17(20)3/h11-14,16-17,20H,4-10,15H2,1-3H3. The predicted molar refractivity (Wildman–Crippen MR) is 90.9 cm³/mol. The third-order valence-corrected chi connectivity index (χ3v) is 5.17. The first-order valence-electron chi connectivity index (χ1n) is 8.96. The van der Waals surface area contributed by atoms with E-state index in [1.807, 2.05) is 0 Å². The van der Waals surface area contributed by atoms with Gasteiger partial charge in [0, 0.05) is 0 Å². The molecule has 1 aliphatic carbocycles. The molecule has 0 amide bonds. The zero-order chi connectivity index (χ0) is 15.1. The molecule has 0 spiro atoms. The Morgan fingerprint density at radius 2 is 1.67 bits per heavy atom. The van der Waals surface area contributed by atoms with Crippen LogP contribution in [0.5, 0.6) is 5.75 Å². The summed E-state index contributed by atoms with van der Waals surface area (Å²) < 4.78 is 6.17. The van der Waals surface area contributed by atoms with Crippen LogP contribution >= 0.6 is 0 Å². The van der Waals surface area contributed by atoms with Gasteiger partial charge in [0.05, 0.1) is 0 Å². The largest absolute Gasteiger partial charge is 0.490 e. The molecule has 0 aliphatic heterocycles. The van der Waals surface area contributed by atoms with Gasteiger partial charge in [0.15, 0.2) is 0 Å². The van der Waals surface area contributed by atoms with Crippen LogP contribution in [0.15, 0.2) is 24.3 Å². The van der Waals surface area contributed by atoms with Crippen molar-refractivity contribution >= 4 is 0 Å². The second kappa shape index (κ2) is 8.46. The molecule has 1 nitrogen and oxygen atoms in total. The third-order valence-electron chi connectivity index (χ3n) is 5.17. The van der Waals surface area contributed by atoms with Gasteiger partial charge in [0.1, 0.15) is 11.9 Å². The molecule has 2 rings (SSSR count). The topological polar surface area (TPSA) is 9.23 Å². The van der Waals surface area contributed by atoms with E-state index in [0.717, 1.165) is 11.7 Å². The summed E-state index contributed by atoms with van der Waals surface area (Å²) in [6.45, 7) is 6.94. The van der Waals surface area contributed by atoms with E-state index in [1.165, 1.54) is 56.9 Å². The maximum Gasteiger partial charge on any atom is 0.119 e. The minimum atomic E-state index is 0.417. The smallest absolute Gasteiger partial charge is 0.119 e. The first-order valence-corrected chi connectivity index (χ1v) is 8.96. The van der Waals surface area contributed by atoms with E-state index in [-0.39, 0.29) is 0 Å². The molecule has 0 bridgehead atoms. The lowest BCUT2D eigenvalue weighted by Crippen LogP contribution is -2.21. The zero-order valence-corrected chi connectivity index (χ0v) is 14.1. The van der Waals surface area contributed by atoms with Crippen molar-refractivity contribution in [1.29, 1.82) is 0 Å². The molecular weight excluding hydrogens is 256 g/mol. The van der Waals surface area contributed by atoms with Crippen molar-refractivity contribution in [2.24, 2.45) is 11.8 Å². The molecule has 1 aliphatic rings. The van der Waals surface area contributed by atoms with Gasteiger partial charge in [0.2, 0.25) is 0 Å². The highest BCUT2D eigenvalue weighted by Crippen LogP contribution is 2.34. The Hall–Kier alpha value is -0.980. The maximum atomic E-state index is 6.17. The Morgan fingerprint density at radius 1 is 0.952 bits per heavy atom. The number of ether oxygens (including phenoxy) is 1. The van der Waals surface area contributed by atoms with Crippen LogP contribution in [-0.4, -0.2) is 6.10 Å². The number of hydrogen-bond donors (Lipinski definition) is 0. The number of aryl methyl sites for hydroxylation is 1. The molecule has 1 aromatic carbocycles. The molecule has 1 saturated carbocycles. The normalized spacial score (nSPS) is 25.2. The average Bonchev–Trinajstić information content (AvgIpc) is 2.81. The number of benzene rings is 1. The van der Waals surface area contributed by atoms with Crippen molar-refractivity contribution < 1.29 is 4.74 Å². The highest BCUT2D eigenvalue weighted by molar-refractivity contribution is 5.27. The fourth-order valence-electron chi connectivity index (χ4n) is 3.33. The van der Waals surface area contributed by atoms with Gasteiger partial charge in [0.25, 0.3) is 0 Å². The monoisotopic (exact) mass is 288 g/mol. The summed E-state index contributed by atoms with van der Waals surface area (Å²) >= 11 is 0. The molecule has 0 N–H and O–H groups in total. The maximum absolute atomic E-state index is 6.17. The second-order valence-electron chi connectivity index (χ2n) is 6.88. The van der Waals surface area contributed by atoms with Crippen molar-refractivity contribution in [3.63, 3.8) is 0 Å². The van der Waals surface area contributed by atoms with Gasteiger partial charge in [-0.1, -0.05) is 58.6 Å². The Morgan fingerprint density at radius 3 is 2.29 bits per heavy atom. The first-order chi connectivity index (χ1) is 10.2. The summed E-state index contributed by atoms with van der Waals surface area (Å²) in [6.07, 6.45) is 10.9. The molecule has 1 heteroatoms. The average molecular weight is 288 g/mol. The van der Waals surface area contributed by atoms with Gasteiger partial charge in [-0.3, -0.25) is 0 Å². The Labute approximate surface area is 131 Å². The summed E-state index contributed by atoms with van der Waals surface area (Å²) in [5, 5.41) is 0. The van der Waals surface area contributed by atoms with Gasteiger partial charge >= 0.3 is 0 Å². The minimum Gasteiger partial charge on any atom is -0.490 e. The highest BCUT2D eigenvalue weighted by Gasteiger charge is 2.31. The molecule has 21 heavy (non-hydrogen) atoms. The Kier molecular flexibility index (Phi) is 6.60. The number of hydrogen-bond acceptors (Lipinski definition) is 1. The molecule has 0 aromatic heterocycles. The predicted octanol–water partition coefficient (Wildman–Crippen LogP) is 6.01. The second-order valence-corrected chi connectivity index (χ2v) is 6.88. The van der Waals surface area contributed by atoms with E-state index in [4.69, 9.17) is 4.74 Å². The van der Waals surface area contributed by atoms with Crippen LogP contribution in [0.2, 0.25) is 0 Å². The quantitative estimate of drug-likeness (QED) is 0.532. The molecule has 1 fully saturated rings. The van der Waals surface area contributed by atoms with Crippen LogP contribution in [0.4, 0.5) is 0 Å². The van der Waals surface area contributed by atoms with Crippen molar-refractivity contribution in [3.05, 3.63) is 29.8 Å². The van der Waals surface area contributed by atoms with Crippen LogP contribution in [0.3, 0.4) is 0 Å². The van der Waals surface area contributed by atoms with Crippen molar-refractivity contribution in [2.75, 3.05) is 0 Å². The van der Waals surface area contributed by atoms with Gasteiger partial charge < -0.3 is 4.74 Å². The lowest BCUT2D eigenvalue weighted by Gasteiger charge is -2.20. The van der Waals surface area contributed by atoms with E-state index < -0.39 is 0 Å². The van der Waals surface area contributed by atoms with Crippen LogP contribution in [0.1, 0.15) is 71.3 Å². The molecular formula is C20H32O. The van der Waals surface area contributed by atoms with Gasteiger partial charge in [-0.2, -0.15) is 0 Å². The van der Waals surface area contributed by atoms with E-state index >= 15 is 0 Å². The summed E-state index contributed by atoms with van der Waals surface area (Å²) in [5.41, 5.74) is 1.45. The highest BCUT2D eigenvalue weighted by atomic mass is 16.5. The minimum absolute atomic E-state index is 0.417. The van der Waals surface area contributed by atoms with E-state index in [0.29, 0.717) is 12.0 Å². The Bertz CT molecular complexity index is 395. The molecule has 118 valence electrons. The fraction of sp³-hybridized carbons (Fsp3) is 0.700. The van der Waals surface area contributed by atoms with E-state index in [1.54, 1.807) is 0 Å². The van der Waals surface area contributed by atoms with Crippen LogP contribution in [-0.2, 0) is 6.42 Å². The number of rotatable bonds is 8. The molecule has 3 atom stereocenters. The van der Waals surface area contributed by atoms with Crippen LogP contribution < -0.4 is 4.74 Å². The van der Waals surface area contributed by atoms with Crippen molar-refractivity contribution in [1.82, 2.24) is 0 Å². The summed E-state index contributed by atoms with van der Waals surface area (Å²) in [5.74, 6) is 2.54. The lowest BCUT2D eigenvalue weighted by molar-refractivity contribution is 0.155. The Balaban J connectivity index is 1.74. The molecule has 0 saturated heterocycles. The fourth-order valence-corrected chi connectivity index (χ4v) is 3.33. The van der Waals surface area contributed by atoms with E-state index in [9.17, 15) is 0 Å². The summed E-state index contributed by atoms with van der Waals surface area (Å²) in [4.78, 5) is 0. The van der Waals surface area contributed by atoms with Gasteiger partial charge in [-0.15, -0.1) is 0 Å². The van der Waals surface area contributed by atoms with Crippen molar-refractivity contribution in [3.8, 4) is 5.75 Å². The molecule has 3 unspecified atom stereocenters. The number of unbranched alkanes of at least 4 members (excludes halogenated alkanes) is 4. The van der Waals surface area contributed by atoms with Crippen LogP contribution in [0.25, 0.3) is 0 Å².